The van der Waals surface area contributed by atoms with Gasteiger partial charge in [-0.05, 0) is 50.2 Å². The summed E-state index contributed by atoms with van der Waals surface area (Å²) in [6.45, 7) is 7.03. The molecule has 0 atom stereocenters. The third-order valence-electron chi connectivity index (χ3n) is 4.01. The molecule has 1 aromatic carbocycles. The number of hydrogen-bond acceptors (Lipinski definition) is 2. The van der Waals surface area contributed by atoms with Crippen LogP contribution in [0.5, 0.6) is 0 Å². The number of anilines is 1. The molecule has 2 rings (SSSR count). The summed E-state index contributed by atoms with van der Waals surface area (Å²) in [5.41, 5.74) is 5.82. The maximum atomic E-state index is 5.50. The fraction of sp³-hybridized carbons (Fsp3) is 0.412. The summed E-state index contributed by atoms with van der Waals surface area (Å²) >= 11 is 5.50. The van der Waals surface area contributed by atoms with Gasteiger partial charge in [0.15, 0.2) is 5.11 Å². The van der Waals surface area contributed by atoms with Crippen LogP contribution in [0.1, 0.15) is 29.4 Å². The number of hydrogen-bond donors (Lipinski definition) is 1. The van der Waals surface area contributed by atoms with Crippen molar-refractivity contribution >= 4 is 23.0 Å². The molecule has 0 bridgehead atoms. The van der Waals surface area contributed by atoms with Gasteiger partial charge in [-0.15, -0.1) is 0 Å². The van der Waals surface area contributed by atoms with Gasteiger partial charge in [-0.3, -0.25) is 4.68 Å². The van der Waals surface area contributed by atoms with E-state index in [0.717, 1.165) is 24.3 Å². The molecular formula is C17H24N4S. The second-order valence-corrected chi connectivity index (χ2v) is 6.00. The zero-order chi connectivity index (χ0) is 16.3. The lowest BCUT2D eigenvalue weighted by molar-refractivity contribution is 0.505. The van der Waals surface area contributed by atoms with Gasteiger partial charge in [0.05, 0.1) is 5.69 Å². The fourth-order valence-electron chi connectivity index (χ4n) is 2.40. The molecule has 0 fully saturated rings. The third-order valence-corrected chi connectivity index (χ3v) is 4.43. The van der Waals surface area contributed by atoms with Gasteiger partial charge in [0, 0.05) is 37.6 Å². The molecule has 22 heavy (non-hydrogen) atoms. The Morgan fingerprint density at radius 1 is 1.27 bits per heavy atom. The second-order valence-electron chi connectivity index (χ2n) is 5.61. The first-order chi connectivity index (χ1) is 10.4. The molecule has 0 radical (unpaired) electrons. The number of aromatic nitrogens is 2. The van der Waals surface area contributed by atoms with Gasteiger partial charge in [0.2, 0.25) is 0 Å². The van der Waals surface area contributed by atoms with Crippen LogP contribution in [0.15, 0.2) is 24.3 Å². The highest BCUT2D eigenvalue weighted by Gasteiger charge is 2.13. The summed E-state index contributed by atoms with van der Waals surface area (Å²) in [4.78, 5) is 2.04. The Balaban J connectivity index is 2.02. The molecule has 0 saturated carbocycles. The highest BCUT2D eigenvalue weighted by molar-refractivity contribution is 7.80. The molecule has 0 amide bonds. The van der Waals surface area contributed by atoms with Gasteiger partial charge in [0.1, 0.15) is 0 Å². The maximum Gasteiger partial charge on any atom is 0.173 e. The van der Waals surface area contributed by atoms with Crippen molar-refractivity contribution in [3.63, 3.8) is 0 Å². The Kier molecular flexibility index (Phi) is 5.19. The van der Waals surface area contributed by atoms with Crippen molar-refractivity contribution in [3.8, 4) is 0 Å². The average molecular weight is 316 g/mol. The van der Waals surface area contributed by atoms with Crippen LogP contribution in [0.2, 0.25) is 0 Å². The van der Waals surface area contributed by atoms with E-state index in [0.29, 0.717) is 5.11 Å². The highest BCUT2D eigenvalue weighted by Crippen LogP contribution is 2.15. The molecule has 1 aromatic heterocycles. The van der Waals surface area contributed by atoms with Crippen molar-refractivity contribution in [1.29, 1.82) is 0 Å². The number of nitrogens with zero attached hydrogens (tertiary/aromatic N) is 3. The summed E-state index contributed by atoms with van der Waals surface area (Å²) in [6.07, 6.45) is 1.05. The summed E-state index contributed by atoms with van der Waals surface area (Å²) in [5.74, 6) is 0. The van der Waals surface area contributed by atoms with Crippen LogP contribution in [0.25, 0.3) is 0 Å². The van der Waals surface area contributed by atoms with Gasteiger partial charge >= 0.3 is 0 Å². The van der Waals surface area contributed by atoms with Crippen LogP contribution in [-0.2, 0) is 20.0 Å². The van der Waals surface area contributed by atoms with Crippen LogP contribution in [0.3, 0.4) is 0 Å². The normalized spacial score (nSPS) is 10.6. The van der Waals surface area contributed by atoms with E-state index in [-0.39, 0.29) is 0 Å². The number of aryl methyl sites for hydroxylation is 3. The second kappa shape index (κ2) is 6.92. The Labute approximate surface area is 138 Å². The van der Waals surface area contributed by atoms with Crippen molar-refractivity contribution < 1.29 is 0 Å². The minimum absolute atomic E-state index is 0.715. The van der Waals surface area contributed by atoms with Gasteiger partial charge in [-0.2, -0.15) is 5.10 Å². The first-order valence-electron chi connectivity index (χ1n) is 7.52. The van der Waals surface area contributed by atoms with Crippen molar-refractivity contribution in [2.24, 2.45) is 7.05 Å². The molecule has 0 aliphatic heterocycles. The third kappa shape index (κ3) is 3.65. The Bertz CT molecular complexity index is 658. The fourth-order valence-corrected chi connectivity index (χ4v) is 2.58. The number of benzene rings is 1. The lowest BCUT2D eigenvalue weighted by Gasteiger charge is -2.21. The first-order valence-corrected chi connectivity index (χ1v) is 7.93. The smallest absolute Gasteiger partial charge is 0.173 e. The summed E-state index contributed by atoms with van der Waals surface area (Å²) in [5, 5.41) is 8.46. The van der Waals surface area contributed by atoms with Crippen LogP contribution in [-0.4, -0.2) is 26.8 Å². The minimum atomic E-state index is 0.715. The van der Waals surface area contributed by atoms with Crippen LogP contribution in [0, 0.1) is 13.8 Å². The van der Waals surface area contributed by atoms with Gasteiger partial charge < -0.3 is 10.2 Å². The molecule has 1 N–H and O–H groups in total. The SMILES string of the molecule is CCc1ccc(NC(=S)N(C)Cc2c(C)nn(C)c2C)cc1. The standard InChI is InChI=1S/C17H24N4S/c1-6-14-7-9-15(10-8-14)18-17(22)20(4)11-16-12(2)19-21(5)13(16)3/h7-10H,6,11H2,1-5H3,(H,18,22). The zero-order valence-electron chi connectivity index (χ0n) is 14.0. The van der Waals surface area contributed by atoms with Gasteiger partial charge in [0.25, 0.3) is 0 Å². The molecule has 2 aromatic rings. The molecule has 0 unspecified atom stereocenters. The van der Waals surface area contributed by atoms with E-state index in [9.17, 15) is 0 Å². The summed E-state index contributed by atoms with van der Waals surface area (Å²) < 4.78 is 1.92. The van der Waals surface area contributed by atoms with Crippen molar-refractivity contribution in [2.75, 3.05) is 12.4 Å². The predicted octanol–water partition coefficient (Wildman–Crippen LogP) is 3.43. The molecule has 0 aliphatic carbocycles. The largest absolute Gasteiger partial charge is 0.348 e. The number of rotatable bonds is 4. The maximum absolute atomic E-state index is 5.50. The van der Waals surface area contributed by atoms with Crippen molar-refractivity contribution in [1.82, 2.24) is 14.7 Å². The van der Waals surface area contributed by atoms with E-state index in [1.807, 2.05) is 30.6 Å². The molecule has 0 spiro atoms. The van der Waals surface area contributed by atoms with Crippen LogP contribution < -0.4 is 5.32 Å². The molecule has 5 heteroatoms. The van der Waals surface area contributed by atoms with E-state index in [4.69, 9.17) is 12.2 Å². The lowest BCUT2D eigenvalue weighted by atomic mass is 10.1. The summed E-state index contributed by atoms with van der Waals surface area (Å²) in [6, 6.07) is 8.39. The van der Waals surface area contributed by atoms with Crippen LogP contribution in [0.4, 0.5) is 5.69 Å². The van der Waals surface area contributed by atoms with Crippen molar-refractivity contribution in [3.05, 3.63) is 46.8 Å². The Hall–Kier alpha value is -1.88. The Morgan fingerprint density at radius 2 is 1.91 bits per heavy atom. The first kappa shape index (κ1) is 16.5. The van der Waals surface area contributed by atoms with E-state index in [1.165, 1.54) is 16.8 Å². The lowest BCUT2D eigenvalue weighted by Crippen LogP contribution is -2.30. The predicted molar refractivity (Wildman–Crippen MR) is 96.2 cm³/mol. The number of nitrogens with one attached hydrogen (secondary N) is 1. The molecule has 118 valence electrons. The topological polar surface area (TPSA) is 33.1 Å². The molecule has 4 nitrogen and oxygen atoms in total. The van der Waals surface area contributed by atoms with E-state index in [2.05, 4.69) is 48.5 Å². The van der Waals surface area contributed by atoms with E-state index in [1.54, 1.807) is 0 Å². The zero-order valence-corrected chi connectivity index (χ0v) is 14.8. The number of thiocarbonyl (C=S) groups is 1. The molecule has 1 heterocycles. The average Bonchev–Trinajstić information content (AvgIpc) is 2.74. The quantitative estimate of drug-likeness (QED) is 0.876. The van der Waals surface area contributed by atoms with E-state index < -0.39 is 0 Å². The minimum Gasteiger partial charge on any atom is -0.348 e. The Morgan fingerprint density at radius 3 is 2.41 bits per heavy atom. The molecular weight excluding hydrogens is 292 g/mol. The summed E-state index contributed by atoms with van der Waals surface area (Å²) in [7, 11) is 3.97. The molecule has 0 aliphatic rings. The van der Waals surface area contributed by atoms with E-state index >= 15 is 0 Å². The van der Waals surface area contributed by atoms with Crippen LogP contribution >= 0.6 is 12.2 Å². The monoisotopic (exact) mass is 316 g/mol. The molecule has 0 saturated heterocycles. The van der Waals surface area contributed by atoms with Gasteiger partial charge in [-0.1, -0.05) is 19.1 Å². The van der Waals surface area contributed by atoms with Gasteiger partial charge in [-0.25, -0.2) is 0 Å². The highest BCUT2D eigenvalue weighted by atomic mass is 32.1. The van der Waals surface area contributed by atoms with Crippen molar-refractivity contribution in [2.45, 2.75) is 33.7 Å².